The second kappa shape index (κ2) is 60.5. The fourth-order valence-electron chi connectivity index (χ4n) is 8.27. The zero-order chi connectivity index (χ0) is 58.3. The van der Waals surface area contributed by atoms with Crippen LogP contribution in [0.3, 0.4) is 0 Å². The average molecular weight is 1110 g/mol. The number of quaternary nitrogens is 1. The van der Waals surface area contributed by atoms with Gasteiger partial charge in [-0.3, -0.25) is 9.59 Å². The summed E-state index contributed by atoms with van der Waals surface area (Å²) in [5, 5.41) is 9.71. The Bertz CT molecular complexity index is 1770. The van der Waals surface area contributed by atoms with Crippen LogP contribution in [0.2, 0.25) is 0 Å². The van der Waals surface area contributed by atoms with E-state index in [-0.39, 0.29) is 38.6 Å². The van der Waals surface area contributed by atoms with Crippen LogP contribution in [0.4, 0.5) is 0 Å². The Morgan fingerprint density at radius 1 is 0.388 bits per heavy atom. The summed E-state index contributed by atoms with van der Waals surface area (Å²) < 4.78 is 22.9. The Morgan fingerprint density at radius 3 is 1.06 bits per heavy atom. The van der Waals surface area contributed by atoms with Crippen LogP contribution in [0.15, 0.2) is 134 Å². The van der Waals surface area contributed by atoms with Gasteiger partial charge in [0.05, 0.1) is 34.4 Å². The zero-order valence-electron chi connectivity index (χ0n) is 51.7. The van der Waals surface area contributed by atoms with Gasteiger partial charge in [0, 0.05) is 12.8 Å². The first-order chi connectivity index (χ1) is 39.1. The molecule has 0 aliphatic carbocycles. The van der Waals surface area contributed by atoms with Crippen molar-refractivity contribution >= 4 is 17.9 Å². The maximum absolute atomic E-state index is 12.9. The summed E-state index contributed by atoms with van der Waals surface area (Å²) in [5.74, 6) is -2.04. The number of rotatable bonds is 57. The van der Waals surface area contributed by atoms with E-state index in [1.54, 1.807) is 0 Å². The predicted molar refractivity (Wildman–Crippen MR) is 341 cm³/mol. The molecule has 0 aromatic rings. The van der Waals surface area contributed by atoms with Gasteiger partial charge in [-0.1, -0.05) is 244 Å². The van der Waals surface area contributed by atoms with Gasteiger partial charge in [0.2, 0.25) is 0 Å². The van der Waals surface area contributed by atoms with Crippen LogP contribution in [-0.2, 0) is 33.3 Å². The van der Waals surface area contributed by atoms with Crippen molar-refractivity contribution in [3.63, 3.8) is 0 Å². The Labute approximate surface area is 490 Å². The number of ether oxygens (including phenoxy) is 4. The fraction of sp³-hybridized carbons (Fsp3) is 0.648. The van der Waals surface area contributed by atoms with Gasteiger partial charge >= 0.3 is 17.9 Å². The molecule has 0 saturated carbocycles. The lowest BCUT2D eigenvalue weighted by Crippen LogP contribution is -2.40. The van der Waals surface area contributed by atoms with Crippen LogP contribution in [0, 0.1) is 0 Å². The Morgan fingerprint density at radius 2 is 0.713 bits per heavy atom. The molecule has 0 bridgehead atoms. The minimum absolute atomic E-state index is 0.179. The minimum Gasteiger partial charge on any atom is -0.477 e. The smallest absolute Gasteiger partial charge is 0.361 e. The van der Waals surface area contributed by atoms with Gasteiger partial charge < -0.3 is 28.5 Å². The lowest BCUT2D eigenvalue weighted by Gasteiger charge is -2.25. The molecule has 454 valence electrons. The molecule has 0 saturated heterocycles. The third kappa shape index (κ3) is 61.1. The lowest BCUT2D eigenvalue weighted by molar-refractivity contribution is -0.870. The van der Waals surface area contributed by atoms with Crippen molar-refractivity contribution < 1.29 is 42.9 Å². The number of aliphatic carboxylic acids is 1. The first-order valence-electron chi connectivity index (χ1n) is 31.8. The normalized spacial score (nSPS) is 13.7. The van der Waals surface area contributed by atoms with E-state index >= 15 is 0 Å². The minimum atomic E-state index is -1.52. The Kier molecular flexibility index (Phi) is 57.1. The Balaban J connectivity index is 4.16. The van der Waals surface area contributed by atoms with Gasteiger partial charge in [-0.25, -0.2) is 4.79 Å². The first kappa shape index (κ1) is 75.4. The van der Waals surface area contributed by atoms with E-state index in [4.69, 9.17) is 18.9 Å². The van der Waals surface area contributed by atoms with E-state index in [9.17, 15) is 19.5 Å². The van der Waals surface area contributed by atoms with Crippen LogP contribution < -0.4 is 0 Å². The van der Waals surface area contributed by atoms with E-state index in [2.05, 4.69) is 148 Å². The van der Waals surface area contributed by atoms with Crippen LogP contribution in [0.1, 0.15) is 239 Å². The zero-order valence-corrected chi connectivity index (χ0v) is 51.7. The van der Waals surface area contributed by atoms with Crippen molar-refractivity contribution in [2.24, 2.45) is 0 Å². The number of nitrogens with zero attached hydrogens (tertiary/aromatic N) is 1. The highest BCUT2D eigenvalue weighted by Gasteiger charge is 2.25. The number of hydrogen-bond donors (Lipinski definition) is 1. The molecule has 9 nitrogen and oxygen atoms in total. The molecule has 0 spiro atoms. The topological polar surface area (TPSA) is 108 Å². The van der Waals surface area contributed by atoms with E-state index in [0.29, 0.717) is 17.4 Å². The highest BCUT2D eigenvalue weighted by Crippen LogP contribution is 2.15. The van der Waals surface area contributed by atoms with E-state index < -0.39 is 24.3 Å². The summed E-state index contributed by atoms with van der Waals surface area (Å²) in [6, 6.07) is 0. The molecule has 0 heterocycles. The number of carbonyl (C=O) groups excluding carboxylic acids is 2. The number of carboxylic acid groups (broad SMARTS) is 1. The summed E-state index contributed by atoms with van der Waals surface area (Å²) in [6.07, 6.45) is 84.0. The van der Waals surface area contributed by atoms with Crippen molar-refractivity contribution in [2.45, 2.75) is 251 Å². The molecular weight excluding hydrogens is 995 g/mol. The van der Waals surface area contributed by atoms with Crippen molar-refractivity contribution in [3.05, 3.63) is 134 Å². The average Bonchev–Trinajstić information content (AvgIpc) is 3.43. The predicted octanol–water partition coefficient (Wildman–Crippen LogP) is 19.4. The van der Waals surface area contributed by atoms with Crippen molar-refractivity contribution in [1.29, 1.82) is 0 Å². The molecule has 0 radical (unpaired) electrons. The van der Waals surface area contributed by atoms with Gasteiger partial charge in [0.15, 0.2) is 6.10 Å². The van der Waals surface area contributed by atoms with Crippen LogP contribution in [0.5, 0.6) is 0 Å². The Hall–Kier alpha value is -4.57. The molecule has 0 aromatic carbocycles. The monoisotopic (exact) mass is 1110 g/mol. The van der Waals surface area contributed by atoms with E-state index in [0.717, 1.165) is 128 Å². The fourth-order valence-corrected chi connectivity index (χ4v) is 8.27. The number of likely N-dealkylation sites (N-methyl/N-ethyl adjacent to an activating group) is 1. The molecule has 0 aromatic heterocycles. The molecule has 0 aliphatic heterocycles. The third-order valence-electron chi connectivity index (χ3n) is 13.1. The van der Waals surface area contributed by atoms with Crippen molar-refractivity contribution in [1.82, 2.24) is 0 Å². The van der Waals surface area contributed by atoms with Crippen LogP contribution in [0.25, 0.3) is 0 Å². The summed E-state index contributed by atoms with van der Waals surface area (Å²) in [7, 11) is 5.96. The van der Waals surface area contributed by atoms with Gasteiger partial charge in [0.1, 0.15) is 13.2 Å². The van der Waals surface area contributed by atoms with E-state index in [1.165, 1.54) is 77.0 Å². The summed E-state index contributed by atoms with van der Waals surface area (Å²) in [6.45, 7) is 4.71. The molecule has 2 atom stereocenters. The maximum atomic E-state index is 12.9. The second-order valence-corrected chi connectivity index (χ2v) is 22.0. The van der Waals surface area contributed by atoms with Crippen LogP contribution in [-0.4, -0.2) is 87.4 Å². The van der Waals surface area contributed by atoms with Gasteiger partial charge in [-0.2, -0.15) is 0 Å². The van der Waals surface area contributed by atoms with Crippen molar-refractivity contribution in [2.75, 3.05) is 47.5 Å². The molecule has 1 N–H and O–H groups in total. The molecule has 80 heavy (non-hydrogen) atoms. The number of hydrogen-bond acceptors (Lipinski definition) is 7. The molecule has 2 unspecified atom stereocenters. The highest BCUT2D eigenvalue weighted by molar-refractivity contribution is 5.71. The lowest BCUT2D eigenvalue weighted by atomic mass is 10.0. The standard InChI is InChI=1S/C71H117NO8/c1-6-8-10-12-14-16-18-20-22-24-25-26-27-28-29-30-31-32-33-34-35-36-37-38-39-40-41-42-43-44-45-46-48-50-52-54-56-58-60-62-69(74)80-67(66-79-71(70(75)76)77-64-63-72(3,4)5)65-78-68(73)61-59-57-55-53-51-49-47-23-21-19-17-15-13-11-9-7-2/h8,10,14,16-17,19-20,22-23,25-26,28-29,31-32,34-35,37-38,40-41,47,67,71H,6-7,9,11-13,15,18,21,24,27,30,33,36,39,42-46,48-66H2,1-5H3/p+1/b10-8-,16-14-,19-17-,22-20-,26-25-,29-28-,32-31-,35-34-,38-37-,41-40-,47-23-. The highest BCUT2D eigenvalue weighted by atomic mass is 16.7. The molecule has 0 amide bonds. The third-order valence-corrected chi connectivity index (χ3v) is 13.1. The quantitative estimate of drug-likeness (QED) is 0.0211. The first-order valence-corrected chi connectivity index (χ1v) is 31.8. The van der Waals surface area contributed by atoms with Crippen molar-refractivity contribution in [3.8, 4) is 0 Å². The van der Waals surface area contributed by atoms with E-state index in [1.807, 2.05) is 21.1 Å². The summed E-state index contributed by atoms with van der Waals surface area (Å²) in [4.78, 5) is 37.4. The second-order valence-electron chi connectivity index (χ2n) is 22.0. The molecule has 9 heteroatoms. The molecule has 0 fully saturated rings. The molecular formula is C71H118NO8+. The SMILES string of the molecule is CC/C=C\C/C=C\C/C=C\C/C=C\C/C=C\C/C=C\C/C=C\C/C=C\C/C=C\CCCCCCCCCCCCCC(=O)OC(COC(=O)CCCCCCC/C=C\C/C=C\CCCCCC)COC(OCC[N+](C)(C)C)C(=O)O. The summed E-state index contributed by atoms with van der Waals surface area (Å²) in [5.41, 5.74) is 0. The maximum Gasteiger partial charge on any atom is 0.361 e. The van der Waals surface area contributed by atoms with Gasteiger partial charge in [0.25, 0.3) is 6.29 Å². The number of unbranched alkanes of at least 4 members (excludes halogenated alkanes) is 20. The molecule has 0 aliphatic rings. The number of allylic oxidation sites excluding steroid dienone is 22. The number of esters is 2. The largest absolute Gasteiger partial charge is 0.477 e. The van der Waals surface area contributed by atoms with Gasteiger partial charge in [-0.15, -0.1) is 0 Å². The number of carboxylic acids is 1. The molecule has 0 rings (SSSR count). The van der Waals surface area contributed by atoms with Gasteiger partial charge in [-0.05, 0) is 116 Å². The van der Waals surface area contributed by atoms with Crippen LogP contribution >= 0.6 is 0 Å². The number of carbonyl (C=O) groups is 3. The summed E-state index contributed by atoms with van der Waals surface area (Å²) >= 11 is 0.